The van der Waals surface area contributed by atoms with Crippen molar-refractivity contribution < 1.29 is 17.9 Å². The van der Waals surface area contributed by atoms with Gasteiger partial charge in [0, 0.05) is 12.2 Å². The van der Waals surface area contributed by atoms with Crippen LogP contribution in [0.5, 0.6) is 0 Å². The van der Waals surface area contributed by atoms with Crippen LogP contribution in [0, 0.1) is 6.92 Å². The zero-order chi connectivity index (χ0) is 15.5. The first-order chi connectivity index (χ1) is 9.95. The van der Waals surface area contributed by atoms with E-state index in [4.69, 9.17) is 4.74 Å². The van der Waals surface area contributed by atoms with Crippen molar-refractivity contribution in [1.29, 1.82) is 0 Å². The van der Waals surface area contributed by atoms with Crippen molar-refractivity contribution >= 4 is 34.0 Å². The summed E-state index contributed by atoms with van der Waals surface area (Å²) in [5, 5.41) is 5.79. The zero-order valence-corrected chi connectivity index (χ0v) is 14.0. The Balaban J connectivity index is 0.00000242. The number of carbonyl (C=O) groups is 1. The Morgan fingerprint density at radius 1 is 1.41 bits per heavy atom. The number of carbonyl (C=O) groups excluding carboxylic acids is 1. The van der Waals surface area contributed by atoms with E-state index >= 15 is 0 Å². The normalized spacial score (nSPS) is 18.4. The van der Waals surface area contributed by atoms with E-state index in [0.29, 0.717) is 31.0 Å². The summed E-state index contributed by atoms with van der Waals surface area (Å²) >= 11 is 0. The number of ether oxygens (including phenoxy) is 1. The van der Waals surface area contributed by atoms with E-state index < -0.39 is 16.1 Å². The summed E-state index contributed by atoms with van der Waals surface area (Å²) in [6.45, 7) is 3.16. The van der Waals surface area contributed by atoms with Crippen molar-refractivity contribution in [3.05, 3.63) is 23.8 Å². The molecule has 2 rings (SSSR count). The molecule has 22 heavy (non-hydrogen) atoms. The van der Waals surface area contributed by atoms with Crippen molar-refractivity contribution in [2.24, 2.45) is 0 Å². The van der Waals surface area contributed by atoms with Gasteiger partial charge >= 0.3 is 0 Å². The predicted octanol–water partition coefficient (Wildman–Crippen LogP) is 0.252. The second-order valence-corrected chi connectivity index (χ2v) is 6.56. The number of anilines is 1. The fraction of sp³-hybridized carbons (Fsp3) is 0.462. The molecule has 0 saturated carbocycles. The van der Waals surface area contributed by atoms with E-state index in [9.17, 15) is 13.2 Å². The molecule has 9 heteroatoms. The van der Waals surface area contributed by atoms with Gasteiger partial charge in [-0.2, -0.15) is 0 Å². The fourth-order valence-corrected chi connectivity index (χ4v) is 3.10. The molecule has 1 heterocycles. The highest BCUT2D eigenvalue weighted by molar-refractivity contribution is 7.89. The summed E-state index contributed by atoms with van der Waals surface area (Å²) in [4.78, 5) is 12.3. The summed E-state index contributed by atoms with van der Waals surface area (Å²) in [5.74, 6) is -0.239. The van der Waals surface area contributed by atoms with Crippen LogP contribution in [0.4, 0.5) is 5.69 Å². The average Bonchev–Trinajstić information content (AvgIpc) is 2.50. The number of rotatable bonds is 4. The lowest BCUT2D eigenvalue weighted by atomic mass is 10.2. The van der Waals surface area contributed by atoms with Gasteiger partial charge in [0.15, 0.2) is 0 Å². The van der Waals surface area contributed by atoms with Crippen LogP contribution < -0.4 is 15.4 Å². The summed E-state index contributed by atoms with van der Waals surface area (Å²) in [6, 6.07) is 4.34. The van der Waals surface area contributed by atoms with Gasteiger partial charge in [-0.3, -0.25) is 4.79 Å². The largest absolute Gasteiger partial charge is 0.378 e. The first-order valence-corrected chi connectivity index (χ1v) is 8.09. The van der Waals surface area contributed by atoms with Crippen molar-refractivity contribution in [2.45, 2.75) is 17.9 Å². The number of halogens is 1. The second kappa shape index (κ2) is 7.89. The third-order valence-electron chi connectivity index (χ3n) is 3.34. The number of morpholine rings is 1. The number of sulfonamides is 1. The van der Waals surface area contributed by atoms with Crippen LogP contribution in [0.1, 0.15) is 5.56 Å². The standard InChI is InChI=1S/C13H19N3O4S.ClH/c1-9-10(4-3-5-12(9)21(18,19)14-2)16-13(17)11-8-20-7-6-15-11;/h3-5,11,14-15H,6-8H2,1-2H3,(H,16,17);1H. The summed E-state index contributed by atoms with van der Waals surface area (Å²) in [5.41, 5.74) is 0.973. The number of hydrogen-bond acceptors (Lipinski definition) is 5. The minimum atomic E-state index is -3.55. The molecule has 1 aliphatic rings. The van der Waals surface area contributed by atoms with Gasteiger partial charge in [-0.1, -0.05) is 6.07 Å². The molecule has 0 aromatic heterocycles. The molecule has 1 fully saturated rings. The van der Waals surface area contributed by atoms with Crippen molar-refractivity contribution in [3.63, 3.8) is 0 Å². The van der Waals surface area contributed by atoms with E-state index in [1.165, 1.54) is 13.1 Å². The molecular weight excluding hydrogens is 330 g/mol. The second-order valence-electron chi connectivity index (χ2n) is 4.71. The molecule has 1 atom stereocenters. The molecule has 7 nitrogen and oxygen atoms in total. The van der Waals surface area contributed by atoms with Gasteiger partial charge in [0.25, 0.3) is 0 Å². The maximum Gasteiger partial charge on any atom is 0.243 e. The molecule has 1 aromatic rings. The Morgan fingerprint density at radius 2 is 2.14 bits per heavy atom. The molecule has 1 aromatic carbocycles. The predicted molar refractivity (Wildman–Crippen MR) is 85.9 cm³/mol. The molecular formula is C13H20ClN3O4S. The Labute approximate surface area is 136 Å². The molecule has 3 N–H and O–H groups in total. The van der Waals surface area contributed by atoms with Gasteiger partial charge in [0.2, 0.25) is 15.9 Å². The minimum Gasteiger partial charge on any atom is -0.378 e. The SMILES string of the molecule is CNS(=O)(=O)c1cccc(NC(=O)C2COCCN2)c1C.Cl. The molecule has 1 saturated heterocycles. The molecule has 1 aliphatic heterocycles. The Kier molecular flexibility index (Phi) is 6.76. The third-order valence-corrected chi connectivity index (χ3v) is 4.90. The maximum atomic E-state index is 12.1. The molecule has 1 unspecified atom stereocenters. The van der Waals surface area contributed by atoms with Crippen LogP contribution in [0.15, 0.2) is 23.1 Å². The smallest absolute Gasteiger partial charge is 0.243 e. The molecule has 0 bridgehead atoms. The van der Waals surface area contributed by atoms with Crippen LogP contribution in [0.25, 0.3) is 0 Å². The van der Waals surface area contributed by atoms with E-state index in [2.05, 4.69) is 15.4 Å². The topological polar surface area (TPSA) is 96.5 Å². The Morgan fingerprint density at radius 3 is 2.73 bits per heavy atom. The van der Waals surface area contributed by atoms with Gasteiger partial charge in [-0.25, -0.2) is 13.1 Å². The molecule has 0 radical (unpaired) electrons. The van der Waals surface area contributed by atoms with Crippen molar-refractivity contribution in [1.82, 2.24) is 10.0 Å². The van der Waals surface area contributed by atoms with E-state index in [-0.39, 0.29) is 23.2 Å². The van der Waals surface area contributed by atoms with Crippen LogP contribution in [0.2, 0.25) is 0 Å². The summed E-state index contributed by atoms with van der Waals surface area (Å²) < 4.78 is 31.3. The molecule has 124 valence electrons. The molecule has 0 spiro atoms. The van der Waals surface area contributed by atoms with E-state index in [0.717, 1.165) is 0 Å². The van der Waals surface area contributed by atoms with Gasteiger partial charge < -0.3 is 15.4 Å². The quantitative estimate of drug-likeness (QED) is 0.724. The Hall–Kier alpha value is -1.19. The third kappa shape index (κ3) is 4.17. The Bertz CT molecular complexity index is 630. The number of hydrogen-bond donors (Lipinski definition) is 3. The lowest BCUT2D eigenvalue weighted by Crippen LogP contribution is -2.48. The van der Waals surface area contributed by atoms with Gasteiger partial charge in [-0.05, 0) is 31.7 Å². The number of nitrogens with one attached hydrogen (secondary N) is 3. The minimum absolute atomic E-state index is 0. The van der Waals surface area contributed by atoms with Crippen LogP contribution in [0.3, 0.4) is 0 Å². The highest BCUT2D eigenvalue weighted by Crippen LogP contribution is 2.23. The van der Waals surface area contributed by atoms with Crippen molar-refractivity contribution in [3.8, 4) is 0 Å². The monoisotopic (exact) mass is 349 g/mol. The number of amides is 1. The first kappa shape index (κ1) is 18.9. The average molecular weight is 350 g/mol. The van der Waals surface area contributed by atoms with Gasteiger partial charge in [-0.15, -0.1) is 12.4 Å². The van der Waals surface area contributed by atoms with Gasteiger partial charge in [0.05, 0.1) is 18.1 Å². The lowest BCUT2D eigenvalue weighted by Gasteiger charge is -2.23. The maximum absolute atomic E-state index is 12.1. The van der Waals surface area contributed by atoms with Crippen LogP contribution >= 0.6 is 12.4 Å². The van der Waals surface area contributed by atoms with E-state index in [1.807, 2.05) is 0 Å². The zero-order valence-electron chi connectivity index (χ0n) is 12.4. The van der Waals surface area contributed by atoms with Crippen molar-refractivity contribution in [2.75, 3.05) is 32.1 Å². The highest BCUT2D eigenvalue weighted by Gasteiger charge is 2.23. The molecule has 0 aliphatic carbocycles. The van der Waals surface area contributed by atoms with Gasteiger partial charge in [0.1, 0.15) is 6.04 Å². The van der Waals surface area contributed by atoms with Crippen LogP contribution in [-0.4, -0.2) is 47.2 Å². The lowest BCUT2D eigenvalue weighted by molar-refractivity contribution is -0.120. The summed E-state index contributed by atoms with van der Waals surface area (Å²) in [7, 11) is -2.20. The van der Waals surface area contributed by atoms with E-state index in [1.54, 1.807) is 19.1 Å². The summed E-state index contributed by atoms with van der Waals surface area (Å²) in [6.07, 6.45) is 0. The van der Waals surface area contributed by atoms with Crippen LogP contribution in [-0.2, 0) is 19.6 Å². The molecule has 1 amide bonds. The fourth-order valence-electron chi connectivity index (χ4n) is 2.10. The number of benzene rings is 1. The highest BCUT2D eigenvalue weighted by atomic mass is 35.5. The first-order valence-electron chi connectivity index (χ1n) is 6.61.